The number of piperidine rings is 1. The Bertz CT molecular complexity index is 1170. The maximum atomic E-state index is 13.4. The summed E-state index contributed by atoms with van der Waals surface area (Å²) >= 11 is 0. The molecule has 3 aromatic rings. The molecule has 0 amide bonds. The third-order valence-corrected chi connectivity index (χ3v) is 6.37. The predicted molar refractivity (Wildman–Crippen MR) is 118 cm³/mol. The Balaban J connectivity index is 1.58. The summed E-state index contributed by atoms with van der Waals surface area (Å²) in [4.78, 5) is 35.6. The van der Waals surface area contributed by atoms with E-state index in [2.05, 4.69) is 9.80 Å². The van der Waals surface area contributed by atoms with Crippen LogP contribution < -0.4 is 16.1 Å². The van der Waals surface area contributed by atoms with Gasteiger partial charge in [-0.05, 0) is 44.5 Å². The molecule has 2 aliphatic heterocycles. The summed E-state index contributed by atoms with van der Waals surface area (Å²) in [5.41, 5.74) is 1.54. The van der Waals surface area contributed by atoms with Crippen LogP contribution in [0.25, 0.3) is 11.2 Å². The van der Waals surface area contributed by atoms with Crippen LogP contribution in [0.2, 0.25) is 0 Å². The number of para-hydroxylation sites is 1. The minimum absolute atomic E-state index is 0.223. The first kappa shape index (κ1) is 19.1. The van der Waals surface area contributed by atoms with Crippen molar-refractivity contribution in [3.63, 3.8) is 0 Å². The van der Waals surface area contributed by atoms with Gasteiger partial charge in [-0.2, -0.15) is 4.98 Å². The summed E-state index contributed by atoms with van der Waals surface area (Å²) in [5, 5.41) is 0. The molecule has 2 aromatic heterocycles. The van der Waals surface area contributed by atoms with Gasteiger partial charge in [0.25, 0.3) is 5.56 Å². The van der Waals surface area contributed by atoms with E-state index < -0.39 is 0 Å². The molecule has 158 valence electrons. The lowest BCUT2D eigenvalue weighted by Gasteiger charge is -2.29. The van der Waals surface area contributed by atoms with E-state index in [1.165, 1.54) is 28.4 Å². The topological polar surface area (TPSA) is 68.3 Å². The van der Waals surface area contributed by atoms with E-state index in [0.717, 1.165) is 50.8 Å². The van der Waals surface area contributed by atoms with Gasteiger partial charge in [-0.3, -0.25) is 13.9 Å². The van der Waals surface area contributed by atoms with Gasteiger partial charge in [-0.25, -0.2) is 4.79 Å². The lowest BCUT2D eigenvalue weighted by atomic mass is 10.1. The molecule has 0 radical (unpaired) electrons. The number of aromatic nitrogens is 4. The Kier molecular flexibility index (Phi) is 4.94. The third kappa shape index (κ3) is 3.15. The lowest BCUT2D eigenvalue weighted by molar-refractivity contribution is 0.218. The van der Waals surface area contributed by atoms with Crippen molar-refractivity contribution in [1.82, 2.24) is 23.6 Å². The second kappa shape index (κ2) is 7.75. The number of hydrogen-bond acceptors (Lipinski definition) is 5. The molecule has 0 unspecified atom stereocenters. The first-order valence-electron chi connectivity index (χ1n) is 10.9. The smallest absolute Gasteiger partial charge is 0.312 e. The molecular weight excluding hydrogens is 380 g/mol. The highest BCUT2D eigenvalue weighted by Crippen LogP contribution is 2.30. The minimum atomic E-state index is -0.286. The molecule has 0 aliphatic carbocycles. The van der Waals surface area contributed by atoms with Crippen LogP contribution in [0.1, 0.15) is 25.7 Å². The van der Waals surface area contributed by atoms with Gasteiger partial charge < -0.3 is 14.4 Å². The third-order valence-electron chi connectivity index (χ3n) is 6.37. The fourth-order valence-electron chi connectivity index (χ4n) is 4.74. The molecule has 1 saturated heterocycles. The number of nitrogens with zero attached hydrogens (tertiary/aromatic N) is 6. The number of hydrogen-bond donors (Lipinski definition) is 0. The number of likely N-dealkylation sites (tertiary alicyclic amines) is 1. The number of imidazole rings is 1. The Morgan fingerprint density at radius 1 is 0.900 bits per heavy atom. The first-order chi connectivity index (χ1) is 14.6. The second-order valence-corrected chi connectivity index (χ2v) is 8.28. The molecule has 30 heavy (non-hydrogen) atoms. The van der Waals surface area contributed by atoms with Gasteiger partial charge in [0.2, 0.25) is 5.95 Å². The highest BCUT2D eigenvalue weighted by Gasteiger charge is 2.27. The average Bonchev–Trinajstić information content (AvgIpc) is 3.19. The quantitative estimate of drug-likeness (QED) is 0.660. The second-order valence-electron chi connectivity index (χ2n) is 8.28. The normalized spacial score (nSPS) is 17.4. The number of anilines is 2. The summed E-state index contributed by atoms with van der Waals surface area (Å²) < 4.78 is 4.92. The van der Waals surface area contributed by atoms with Crippen molar-refractivity contribution in [3.8, 4) is 0 Å². The number of aryl methyl sites for hydroxylation is 2. The molecule has 5 rings (SSSR count). The molecule has 0 saturated carbocycles. The highest BCUT2D eigenvalue weighted by molar-refractivity contribution is 5.77. The Hall–Kier alpha value is -2.87. The van der Waals surface area contributed by atoms with Gasteiger partial charge in [0.05, 0.1) is 0 Å². The molecule has 1 aromatic carbocycles. The fourth-order valence-corrected chi connectivity index (χ4v) is 4.74. The van der Waals surface area contributed by atoms with E-state index in [-0.39, 0.29) is 11.2 Å². The van der Waals surface area contributed by atoms with Crippen LogP contribution in [0.4, 0.5) is 11.6 Å². The van der Waals surface area contributed by atoms with Gasteiger partial charge in [-0.15, -0.1) is 0 Å². The van der Waals surface area contributed by atoms with Crippen LogP contribution in [0.15, 0.2) is 39.9 Å². The molecular formula is C22H28N6O2. The van der Waals surface area contributed by atoms with E-state index in [1.807, 2.05) is 34.9 Å². The Morgan fingerprint density at radius 3 is 2.43 bits per heavy atom. The lowest BCUT2D eigenvalue weighted by Crippen LogP contribution is -2.43. The number of rotatable bonds is 4. The molecule has 0 N–H and O–H groups in total. The van der Waals surface area contributed by atoms with Crippen molar-refractivity contribution in [2.24, 2.45) is 7.05 Å². The van der Waals surface area contributed by atoms with Crippen molar-refractivity contribution >= 4 is 22.8 Å². The molecule has 0 bridgehead atoms. The van der Waals surface area contributed by atoms with Crippen LogP contribution >= 0.6 is 0 Å². The van der Waals surface area contributed by atoms with Crippen LogP contribution in [0.5, 0.6) is 0 Å². The summed E-state index contributed by atoms with van der Waals surface area (Å²) in [6, 6.07) is 10.1. The summed E-state index contributed by atoms with van der Waals surface area (Å²) in [6.07, 6.45) is 4.57. The van der Waals surface area contributed by atoms with Crippen molar-refractivity contribution in [2.45, 2.75) is 38.8 Å². The van der Waals surface area contributed by atoms with Crippen LogP contribution in [-0.2, 0) is 20.1 Å². The van der Waals surface area contributed by atoms with Gasteiger partial charge in [0.15, 0.2) is 11.2 Å². The Labute approximate surface area is 175 Å². The van der Waals surface area contributed by atoms with E-state index in [9.17, 15) is 9.59 Å². The predicted octanol–water partition coefficient (Wildman–Crippen LogP) is 1.92. The number of benzene rings is 1. The molecule has 1 fully saturated rings. The molecule has 0 spiro atoms. The fraction of sp³-hybridized carbons (Fsp3) is 0.500. The van der Waals surface area contributed by atoms with Crippen molar-refractivity contribution in [2.75, 3.05) is 31.1 Å². The van der Waals surface area contributed by atoms with Crippen molar-refractivity contribution in [1.29, 1.82) is 0 Å². The van der Waals surface area contributed by atoms with E-state index >= 15 is 0 Å². The summed E-state index contributed by atoms with van der Waals surface area (Å²) in [7, 11) is 1.72. The SMILES string of the molecule is Cn1c(=O)n(CCN2CCCCC2)c(=O)c2c1nc1n2CCCN1c1ccccc1. The summed E-state index contributed by atoms with van der Waals surface area (Å²) in [5.74, 6) is 0.739. The van der Waals surface area contributed by atoms with Gasteiger partial charge in [0, 0.05) is 38.9 Å². The van der Waals surface area contributed by atoms with Crippen LogP contribution in [0, 0.1) is 0 Å². The molecule has 2 aliphatic rings. The maximum absolute atomic E-state index is 13.4. The zero-order chi connectivity index (χ0) is 20.7. The van der Waals surface area contributed by atoms with Crippen molar-refractivity contribution < 1.29 is 0 Å². The minimum Gasteiger partial charge on any atom is -0.312 e. The van der Waals surface area contributed by atoms with Gasteiger partial charge >= 0.3 is 5.69 Å². The standard InChI is InChI=1S/C22H28N6O2/c1-24-19-18(20(29)28(22(24)30)16-15-25-11-6-3-7-12-25)27-14-8-13-26(21(27)23-19)17-9-4-2-5-10-17/h2,4-5,9-10H,3,6-8,11-16H2,1H3. The zero-order valence-corrected chi connectivity index (χ0v) is 17.5. The largest absolute Gasteiger partial charge is 0.332 e. The monoisotopic (exact) mass is 408 g/mol. The first-order valence-corrected chi connectivity index (χ1v) is 10.9. The van der Waals surface area contributed by atoms with E-state index in [0.29, 0.717) is 17.7 Å². The number of fused-ring (bicyclic) bond motifs is 3. The van der Waals surface area contributed by atoms with Crippen LogP contribution in [-0.4, -0.2) is 49.8 Å². The molecule has 4 heterocycles. The highest BCUT2D eigenvalue weighted by atomic mass is 16.2. The van der Waals surface area contributed by atoms with E-state index in [1.54, 1.807) is 7.05 Å². The maximum Gasteiger partial charge on any atom is 0.332 e. The van der Waals surface area contributed by atoms with Gasteiger partial charge in [-0.1, -0.05) is 24.6 Å². The van der Waals surface area contributed by atoms with Crippen molar-refractivity contribution in [3.05, 3.63) is 51.2 Å². The zero-order valence-electron chi connectivity index (χ0n) is 17.5. The average molecular weight is 409 g/mol. The van der Waals surface area contributed by atoms with Crippen LogP contribution in [0.3, 0.4) is 0 Å². The molecule has 0 atom stereocenters. The van der Waals surface area contributed by atoms with Gasteiger partial charge in [0.1, 0.15) is 0 Å². The summed E-state index contributed by atoms with van der Waals surface area (Å²) in [6.45, 7) is 4.82. The molecule has 8 nitrogen and oxygen atoms in total. The molecule has 8 heteroatoms. The Morgan fingerprint density at radius 2 is 1.67 bits per heavy atom. The van der Waals surface area contributed by atoms with E-state index in [4.69, 9.17) is 4.98 Å².